The SMILES string of the molecule is Cl.c1cnc2cc([C@H]3CCCN3)oc2c1. The summed E-state index contributed by atoms with van der Waals surface area (Å²) in [4.78, 5) is 4.25. The lowest BCUT2D eigenvalue weighted by Gasteiger charge is -2.04. The second kappa shape index (κ2) is 4.21. The monoisotopic (exact) mass is 224 g/mol. The van der Waals surface area contributed by atoms with Gasteiger partial charge in [0.2, 0.25) is 0 Å². The minimum absolute atomic E-state index is 0. The Morgan fingerprint density at radius 2 is 2.40 bits per heavy atom. The lowest BCUT2D eigenvalue weighted by Crippen LogP contribution is -2.11. The Kier molecular flexibility index (Phi) is 2.93. The summed E-state index contributed by atoms with van der Waals surface area (Å²) >= 11 is 0. The fraction of sp³-hybridized carbons (Fsp3) is 0.364. The van der Waals surface area contributed by atoms with Crippen LogP contribution < -0.4 is 5.32 Å². The number of halogens is 1. The molecule has 1 atom stereocenters. The van der Waals surface area contributed by atoms with Gasteiger partial charge in [-0.3, -0.25) is 4.98 Å². The van der Waals surface area contributed by atoms with Crippen LogP contribution in [0.5, 0.6) is 0 Å². The van der Waals surface area contributed by atoms with Crippen LogP contribution in [-0.4, -0.2) is 11.5 Å². The number of hydrogen-bond donors (Lipinski definition) is 1. The molecule has 1 aliphatic heterocycles. The molecule has 0 bridgehead atoms. The number of rotatable bonds is 1. The summed E-state index contributed by atoms with van der Waals surface area (Å²) < 4.78 is 5.73. The molecule has 15 heavy (non-hydrogen) atoms. The zero-order valence-electron chi connectivity index (χ0n) is 8.27. The number of aromatic nitrogens is 1. The summed E-state index contributed by atoms with van der Waals surface area (Å²) in [7, 11) is 0. The van der Waals surface area contributed by atoms with E-state index < -0.39 is 0 Å². The van der Waals surface area contributed by atoms with Crippen LogP contribution in [0.3, 0.4) is 0 Å². The summed E-state index contributed by atoms with van der Waals surface area (Å²) in [5.41, 5.74) is 1.84. The number of furan rings is 1. The molecule has 2 aromatic heterocycles. The molecule has 3 nitrogen and oxygen atoms in total. The lowest BCUT2D eigenvalue weighted by molar-refractivity contribution is 0.471. The molecule has 3 heterocycles. The van der Waals surface area contributed by atoms with Crippen LogP contribution in [0.4, 0.5) is 0 Å². The van der Waals surface area contributed by atoms with E-state index in [2.05, 4.69) is 10.3 Å². The van der Waals surface area contributed by atoms with E-state index in [9.17, 15) is 0 Å². The molecule has 0 radical (unpaired) electrons. The van der Waals surface area contributed by atoms with E-state index in [0.717, 1.165) is 23.4 Å². The highest BCUT2D eigenvalue weighted by Crippen LogP contribution is 2.27. The Morgan fingerprint density at radius 3 is 3.13 bits per heavy atom. The molecule has 1 saturated heterocycles. The third-order valence-corrected chi connectivity index (χ3v) is 2.71. The number of nitrogens with one attached hydrogen (secondary N) is 1. The molecule has 1 aliphatic rings. The Bertz CT molecular complexity index is 416. The first kappa shape index (κ1) is 10.5. The van der Waals surface area contributed by atoms with Crippen LogP contribution >= 0.6 is 12.4 Å². The van der Waals surface area contributed by atoms with Crippen molar-refractivity contribution in [2.45, 2.75) is 18.9 Å². The second-order valence-electron chi connectivity index (χ2n) is 3.68. The van der Waals surface area contributed by atoms with Crippen molar-refractivity contribution in [3.8, 4) is 0 Å². The molecule has 0 aliphatic carbocycles. The smallest absolute Gasteiger partial charge is 0.152 e. The molecule has 1 fully saturated rings. The molecule has 3 rings (SSSR count). The van der Waals surface area contributed by atoms with Crippen molar-refractivity contribution in [1.29, 1.82) is 0 Å². The molecular formula is C11H13ClN2O. The standard InChI is InChI=1S/C11H12N2O.ClH/c1-3-8(12-5-1)11-7-9-10(14-11)4-2-6-13-9;/h2,4,6-8,12H,1,3,5H2;1H/t8-;/m1./s1. The van der Waals surface area contributed by atoms with E-state index >= 15 is 0 Å². The fourth-order valence-electron chi connectivity index (χ4n) is 1.99. The Balaban J connectivity index is 0.000000853. The van der Waals surface area contributed by atoms with Gasteiger partial charge < -0.3 is 9.73 Å². The van der Waals surface area contributed by atoms with Gasteiger partial charge in [-0.2, -0.15) is 0 Å². The minimum atomic E-state index is 0. The zero-order valence-corrected chi connectivity index (χ0v) is 9.09. The summed E-state index contributed by atoms with van der Waals surface area (Å²) in [5, 5.41) is 3.41. The van der Waals surface area contributed by atoms with Crippen molar-refractivity contribution in [1.82, 2.24) is 10.3 Å². The maximum Gasteiger partial charge on any atom is 0.152 e. The van der Waals surface area contributed by atoms with Gasteiger partial charge >= 0.3 is 0 Å². The predicted molar refractivity (Wildman–Crippen MR) is 61.2 cm³/mol. The quantitative estimate of drug-likeness (QED) is 0.810. The van der Waals surface area contributed by atoms with Gasteiger partial charge in [0, 0.05) is 12.3 Å². The summed E-state index contributed by atoms with van der Waals surface area (Å²) in [6.07, 6.45) is 4.19. The second-order valence-corrected chi connectivity index (χ2v) is 3.68. The summed E-state index contributed by atoms with van der Waals surface area (Å²) in [6.45, 7) is 1.09. The van der Waals surface area contributed by atoms with E-state index in [0.29, 0.717) is 6.04 Å². The van der Waals surface area contributed by atoms with Gasteiger partial charge in [-0.25, -0.2) is 0 Å². The molecule has 0 saturated carbocycles. The molecule has 4 heteroatoms. The van der Waals surface area contributed by atoms with Crippen LogP contribution in [0.1, 0.15) is 24.6 Å². The van der Waals surface area contributed by atoms with Gasteiger partial charge in [-0.05, 0) is 31.5 Å². The molecule has 0 unspecified atom stereocenters. The topological polar surface area (TPSA) is 38.1 Å². The first-order valence-electron chi connectivity index (χ1n) is 5.01. The number of pyridine rings is 1. The molecule has 2 aromatic rings. The molecule has 0 amide bonds. The van der Waals surface area contributed by atoms with Crippen LogP contribution in [-0.2, 0) is 0 Å². The fourth-order valence-corrected chi connectivity index (χ4v) is 1.99. The van der Waals surface area contributed by atoms with Crippen molar-refractivity contribution < 1.29 is 4.42 Å². The largest absolute Gasteiger partial charge is 0.458 e. The summed E-state index contributed by atoms with van der Waals surface area (Å²) in [5.74, 6) is 1.02. The normalized spacial score (nSPS) is 20.4. The Morgan fingerprint density at radius 1 is 1.47 bits per heavy atom. The first-order valence-corrected chi connectivity index (χ1v) is 5.01. The average Bonchev–Trinajstić information content (AvgIpc) is 2.86. The van der Waals surface area contributed by atoms with Gasteiger partial charge in [0.1, 0.15) is 11.3 Å². The molecule has 80 valence electrons. The number of nitrogens with zero attached hydrogens (tertiary/aromatic N) is 1. The van der Waals surface area contributed by atoms with Gasteiger partial charge in [-0.1, -0.05) is 0 Å². The van der Waals surface area contributed by atoms with Gasteiger partial charge in [-0.15, -0.1) is 12.4 Å². The van der Waals surface area contributed by atoms with Crippen molar-refractivity contribution in [3.05, 3.63) is 30.2 Å². The third-order valence-electron chi connectivity index (χ3n) is 2.71. The van der Waals surface area contributed by atoms with Gasteiger partial charge in [0.25, 0.3) is 0 Å². The van der Waals surface area contributed by atoms with Crippen molar-refractivity contribution >= 4 is 23.5 Å². The average molecular weight is 225 g/mol. The van der Waals surface area contributed by atoms with Crippen LogP contribution in [0.15, 0.2) is 28.8 Å². The van der Waals surface area contributed by atoms with Crippen LogP contribution in [0, 0.1) is 0 Å². The van der Waals surface area contributed by atoms with Crippen LogP contribution in [0.2, 0.25) is 0 Å². The van der Waals surface area contributed by atoms with E-state index in [1.54, 1.807) is 6.20 Å². The van der Waals surface area contributed by atoms with E-state index in [1.807, 2.05) is 18.2 Å². The zero-order chi connectivity index (χ0) is 9.38. The number of fused-ring (bicyclic) bond motifs is 1. The van der Waals surface area contributed by atoms with Crippen molar-refractivity contribution in [2.24, 2.45) is 0 Å². The maximum atomic E-state index is 5.73. The highest BCUT2D eigenvalue weighted by atomic mass is 35.5. The van der Waals surface area contributed by atoms with Gasteiger partial charge in [0.15, 0.2) is 5.58 Å². The van der Waals surface area contributed by atoms with Crippen molar-refractivity contribution in [2.75, 3.05) is 6.54 Å². The lowest BCUT2D eigenvalue weighted by atomic mass is 10.2. The minimum Gasteiger partial charge on any atom is -0.458 e. The predicted octanol–water partition coefficient (Wildman–Crippen LogP) is 2.67. The maximum absolute atomic E-state index is 5.73. The van der Waals surface area contributed by atoms with Gasteiger partial charge in [0.05, 0.1) is 6.04 Å². The summed E-state index contributed by atoms with van der Waals surface area (Å²) in [6, 6.07) is 6.29. The highest BCUT2D eigenvalue weighted by molar-refractivity contribution is 5.85. The molecule has 1 N–H and O–H groups in total. The Labute approximate surface area is 94.3 Å². The third kappa shape index (κ3) is 1.85. The first-order chi connectivity index (χ1) is 6.93. The molecule has 0 spiro atoms. The van der Waals surface area contributed by atoms with E-state index in [4.69, 9.17) is 4.42 Å². The van der Waals surface area contributed by atoms with Crippen molar-refractivity contribution in [3.63, 3.8) is 0 Å². The highest BCUT2D eigenvalue weighted by Gasteiger charge is 2.19. The number of hydrogen-bond acceptors (Lipinski definition) is 3. The molecular weight excluding hydrogens is 212 g/mol. The van der Waals surface area contributed by atoms with E-state index in [1.165, 1.54) is 12.8 Å². The van der Waals surface area contributed by atoms with Crippen LogP contribution in [0.25, 0.3) is 11.1 Å². The molecule has 0 aromatic carbocycles. The Hall–Kier alpha value is -1.06. The van der Waals surface area contributed by atoms with E-state index in [-0.39, 0.29) is 12.4 Å².